The summed E-state index contributed by atoms with van der Waals surface area (Å²) >= 11 is 0. The van der Waals surface area contributed by atoms with E-state index in [1.807, 2.05) is 17.0 Å². The van der Waals surface area contributed by atoms with Crippen molar-refractivity contribution in [1.82, 2.24) is 24.8 Å². The number of anilines is 4. The molecule has 1 amide bonds. The van der Waals surface area contributed by atoms with Gasteiger partial charge in [-0.15, -0.1) is 0 Å². The van der Waals surface area contributed by atoms with Crippen molar-refractivity contribution in [3.63, 3.8) is 0 Å². The molecule has 3 N–H and O–H groups in total. The lowest BCUT2D eigenvalue weighted by molar-refractivity contribution is -0.129. The normalized spacial score (nSPS) is 17.5. The standard InChI is InChI=1S/C22H28N8O2/c1-15(31)29-8-6-17(7-9-29)25-21-19-20(24-14-23-19)27-22(28-21)26-16-2-4-18(5-3-16)30-10-12-32-13-11-30/h2-5,14,17H,6-13H2,1H3,(H3,23,24,25,26,27,28). The van der Waals surface area contributed by atoms with Gasteiger partial charge in [-0.25, -0.2) is 4.98 Å². The van der Waals surface area contributed by atoms with Crippen molar-refractivity contribution in [2.24, 2.45) is 0 Å². The summed E-state index contributed by atoms with van der Waals surface area (Å²) in [5, 5.41) is 6.83. The highest BCUT2D eigenvalue weighted by Crippen LogP contribution is 2.25. The first-order valence-corrected chi connectivity index (χ1v) is 11.1. The number of hydrogen-bond acceptors (Lipinski definition) is 8. The highest BCUT2D eigenvalue weighted by molar-refractivity contribution is 5.84. The number of amides is 1. The van der Waals surface area contributed by atoms with Gasteiger partial charge in [0.05, 0.1) is 19.5 Å². The van der Waals surface area contributed by atoms with Gasteiger partial charge in [-0.2, -0.15) is 9.97 Å². The van der Waals surface area contributed by atoms with E-state index in [2.05, 4.69) is 42.6 Å². The number of piperidine rings is 1. The number of nitrogens with zero attached hydrogens (tertiary/aromatic N) is 5. The predicted molar refractivity (Wildman–Crippen MR) is 123 cm³/mol. The number of rotatable bonds is 5. The highest BCUT2D eigenvalue weighted by atomic mass is 16.5. The number of likely N-dealkylation sites (tertiary alicyclic amines) is 1. The Kier molecular flexibility index (Phi) is 5.76. The summed E-state index contributed by atoms with van der Waals surface area (Å²) in [4.78, 5) is 32.5. The van der Waals surface area contributed by atoms with Crippen molar-refractivity contribution in [2.75, 3.05) is 54.9 Å². The third-order valence-corrected chi connectivity index (χ3v) is 6.07. The molecule has 0 spiro atoms. The SMILES string of the molecule is CC(=O)N1CCC(Nc2nc(Nc3ccc(N4CCOCC4)cc3)nc3nc[nH]c23)CC1. The van der Waals surface area contributed by atoms with E-state index in [9.17, 15) is 4.79 Å². The van der Waals surface area contributed by atoms with Crippen LogP contribution in [0.4, 0.5) is 23.1 Å². The minimum atomic E-state index is 0.132. The summed E-state index contributed by atoms with van der Waals surface area (Å²) < 4.78 is 5.43. The molecule has 5 rings (SSSR count). The Morgan fingerprint density at radius 1 is 1.09 bits per heavy atom. The topological polar surface area (TPSA) is 111 Å². The first-order valence-electron chi connectivity index (χ1n) is 11.1. The summed E-state index contributed by atoms with van der Waals surface area (Å²) in [6, 6.07) is 8.51. The van der Waals surface area contributed by atoms with Gasteiger partial charge in [-0.05, 0) is 37.1 Å². The Hall–Kier alpha value is -3.40. The number of fused-ring (bicyclic) bond motifs is 1. The molecule has 4 heterocycles. The van der Waals surface area contributed by atoms with E-state index < -0.39 is 0 Å². The highest BCUT2D eigenvalue weighted by Gasteiger charge is 2.22. The molecule has 2 saturated heterocycles. The predicted octanol–water partition coefficient (Wildman–Crippen LogP) is 2.36. The number of benzene rings is 1. The minimum absolute atomic E-state index is 0.132. The van der Waals surface area contributed by atoms with Crippen LogP contribution in [0.2, 0.25) is 0 Å². The van der Waals surface area contributed by atoms with Crippen LogP contribution in [-0.4, -0.2) is 76.2 Å². The zero-order chi connectivity index (χ0) is 21.9. The third-order valence-electron chi connectivity index (χ3n) is 6.07. The lowest BCUT2D eigenvalue weighted by Crippen LogP contribution is -2.41. The average Bonchev–Trinajstić information content (AvgIpc) is 3.30. The van der Waals surface area contributed by atoms with Gasteiger partial charge >= 0.3 is 0 Å². The van der Waals surface area contributed by atoms with Gasteiger partial charge < -0.3 is 30.2 Å². The molecule has 168 valence electrons. The van der Waals surface area contributed by atoms with E-state index in [4.69, 9.17) is 9.72 Å². The summed E-state index contributed by atoms with van der Waals surface area (Å²) in [7, 11) is 0. The fraction of sp³-hybridized carbons (Fsp3) is 0.455. The molecule has 3 aromatic rings. The van der Waals surface area contributed by atoms with Gasteiger partial charge in [0, 0.05) is 50.5 Å². The first-order chi connectivity index (χ1) is 15.7. The van der Waals surface area contributed by atoms with E-state index in [-0.39, 0.29) is 11.9 Å². The van der Waals surface area contributed by atoms with Gasteiger partial charge in [0.2, 0.25) is 11.9 Å². The molecule has 0 unspecified atom stereocenters. The molecule has 32 heavy (non-hydrogen) atoms. The Morgan fingerprint density at radius 2 is 1.84 bits per heavy atom. The molecule has 10 nitrogen and oxygen atoms in total. The number of ether oxygens (including phenoxy) is 1. The first kappa shape index (κ1) is 20.5. The molecule has 0 aliphatic carbocycles. The van der Waals surface area contributed by atoms with Crippen molar-refractivity contribution >= 4 is 40.2 Å². The maximum Gasteiger partial charge on any atom is 0.231 e. The second kappa shape index (κ2) is 8.99. The van der Waals surface area contributed by atoms with Gasteiger partial charge in [-0.3, -0.25) is 4.79 Å². The molecule has 0 bridgehead atoms. The number of aromatic amines is 1. The molecule has 0 atom stereocenters. The summed E-state index contributed by atoms with van der Waals surface area (Å²) in [5.74, 6) is 1.35. The molecule has 2 aliphatic rings. The number of imidazole rings is 1. The van der Waals surface area contributed by atoms with Gasteiger partial charge in [0.1, 0.15) is 5.52 Å². The fourth-order valence-corrected chi connectivity index (χ4v) is 4.23. The molecule has 2 fully saturated rings. The number of carbonyl (C=O) groups excluding carboxylic acids is 1. The van der Waals surface area contributed by atoms with Crippen LogP contribution in [0.25, 0.3) is 11.2 Å². The maximum atomic E-state index is 11.6. The molecule has 10 heteroatoms. The summed E-state index contributed by atoms with van der Waals surface area (Å²) in [6.07, 6.45) is 3.39. The molecular weight excluding hydrogens is 408 g/mol. The third kappa shape index (κ3) is 4.45. The van der Waals surface area contributed by atoms with Gasteiger partial charge in [0.25, 0.3) is 0 Å². The van der Waals surface area contributed by atoms with E-state index in [1.165, 1.54) is 5.69 Å². The molecule has 1 aromatic carbocycles. The number of nitrogens with one attached hydrogen (secondary N) is 3. The zero-order valence-corrected chi connectivity index (χ0v) is 18.2. The quantitative estimate of drug-likeness (QED) is 0.559. The molecule has 0 radical (unpaired) electrons. The van der Waals surface area contributed by atoms with Crippen molar-refractivity contribution in [3.05, 3.63) is 30.6 Å². The van der Waals surface area contributed by atoms with Crippen LogP contribution >= 0.6 is 0 Å². The number of morpholine rings is 1. The van der Waals surface area contributed by atoms with E-state index in [1.54, 1.807) is 13.3 Å². The van der Waals surface area contributed by atoms with Crippen molar-refractivity contribution in [1.29, 1.82) is 0 Å². The number of hydrogen-bond donors (Lipinski definition) is 3. The van der Waals surface area contributed by atoms with Crippen molar-refractivity contribution < 1.29 is 9.53 Å². The fourth-order valence-electron chi connectivity index (χ4n) is 4.23. The molecular formula is C22H28N8O2. The van der Waals surface area contributed by atoms with Crippen LogP contribution in [0, 0.1) is 0 Å². The Morgan fingerprint density at radius 3 is 2.56 bits per heavy atom. The number of carbonyl (C=O) groups is 1. The van der Waals surface area contributed by atoms with Crippen LogP contribution in [0.15, 0.2) is 30.6 Å². The Balaban J connectivity index is 1.30. The van der Waals surface area contributed by atoms with Gasteiger partial charge in [0.15, 0.2) is 11.5 Å². The van der Waals surface area contributed by atoms with Crippen LogP contribution in [0.3, 0.4) is 0 Å². The van der Waals surface area contributed by atoms with Crippen molar-refractivity contribution in [3.8, 4) is 0 Å². The average molecular weight is 437 g/mol. The Labute approximate surface area is 186 Å². The monoisotopic (exact) mass is 436 g/mol. The van der Waals surface area contributed by atoms with Gasteiger partial charge in [-0.1, -0.05) is 0 Å². The minimum Gasteiger partial charge on any atom is -0.378 e. The second-order valence-corrected chi connectivity index (χ2v) is 8.19. The maximum absolute atomic E-state index is 11.6. The zero-order valence-electron chi connectivity index (χ0n) is 18.2. The second-order valence-electron chi connectivity index (χ2n) is 8.19. The molecule has 2 aliphatic heterocycles. The lowest BCUT2D eigenvalue weighted by Gasteiger charge is -2.32. The van der Waals surface area contributed by atoms with E-state index in [0.717, 1.165) is 69.3 Å². The van der Waals surface area contributed by atoms with Crippen molar-refractivity contribution in [2.45, 2.75) is 25.8 Å². The number of H-pyrrole nitrogens is 1. The largest absolute Gasteiger partial charge is 0.378 e. The van der Waals surface area contributed by atoms with Crippen LogP contribution in [0.1, 0.15) is 19.8 Å². The Bertz CT molecular complexity index is 1070. The van der Waals surface area contributed by atoms with E-state index in [0.29, 0.717) is 11.6 Å². The van der Waals surface area contributed by atoms with Crippen LogP contribution in [0.5, 0.6) is 0 Å². The molecule has 2 aromatic heterocycles. The van der Waals surface area contributed by atoms with Crippen LogP contribution in [-0.2, 0) is 9.53 Å². The summed E-state index contributed by atoms with van der Waals surface area (Å²) in [6.45, 7) is 6.48. The summed E-state index contributed by atoms with van der Waals surface area (Å²) in [5.41, 5.74) is 3.49. The smallest absolute Gasteiger partial charge is 0.231 e. The van der Waals surface area contributed by atoms with Crippen LogP contribution < -0.4 is 15.5 Å². The molecule has 0 saturated carbocycles. The number of aromatic nitrogens is 4. The van der Waals surface area contributed by atoms with E-state index >= 15 is 0 Å². The lowest BCUT2D eigenvalue weighted by atomic mass is 10.1.